The first kappa shape index (κ1) is 16.6. The van der Waals surface area contributed by atoms with E-state index in [-0.39, 0.29) is 6.03 Å². The van der Waals surface area contributed by atoms with Crippen LogP contribution in [0.5, 0.6) is 11.5 Å². The van der Waals surface area contributed by atoms with Crippen molar-refractivity contribution >= 4 is 23.1 Å². The van der Waals surface area contributed by atoms with E-state index in [1.165, 1.54) is 0 Å². The Balaban J connectivity index is 1.48. The van der Waals surface area contributed by atoms with E-state index in [1.807, 2.05) is 11.4 Å². The van der Waals surface area contributed by atoms with Gasteiger partial charge in [-0.15, -0.1) is 11.3 Å². The molecule has 0 aliphatic carbocycles. The van der Waals surface area contributed by atoms with Crippen molar-refractivity contribution in [2.75, 3.05) is 25.1 Å². The fourth-order valence-electron chi connectivity index (χ4n) is 2.35. The number of hydrogen-bond acceptors (Lipinski definition) is 5. The maximum Gasteiger partial charge on any atom is 0.319 e. The molecule has 0 spiro atoms. The van der Waals surface area contributed by atoms with Crippen LogP contribution in [-0.2, 0) is 12.8 Å². The fraction of sp³-hybridized carbons (Fsp3) is 0.412. The molecule has 2 N–H and O–H groups in total. The number of aromatic nitrogens is 1. The van der Waals surface area contributed by atoms with Gasteiger partial charge in [-0.2, -0.15) is 0 Å². The summed E-state index contributed by atoms with van der Waals surface area (Å²) in [7, 11) is 0. The normalized spacial score (nSPS) is 13.2. The zero-order valence-electron chi connectivity index (χ0n) is 13.6. The van der Waals surface area contributed by atoms with Crippen molar-refractivity contribution in [3.8, 4) is 11.5 Å². The molecule has 0 atom stereocenters. The molecule has 2 aromatic rings. The second-order valence-electron chi connectivity index (χ2n) is 5.43. The minimum Gasteiger partial charge on any atom is -0.490 e. The van der Waals surface area contributed by atoms with Gasteiger partial charge < -0.3 is 20.1 Å². The van der Waals surface area contributed by atoms with Gasteiger partial charge in [-0.05, 0) is 18.6 Å². The molecule has 1 aliphatic rings. The molecule has 0 fully saturated rings. The summed E-state index contributed by atoms with van der Waals surface area (Å²) in [4.78, 5) is 16.5. The average Bonchev–Trinajstić information content (AvgIpc) is 2.91. The number of carbonyl (C=O) groups is 1. The van der Waals surface area contributed by atoms with Crippen LogP contribution in [0.2, 0.25) is 0 Å². The van der Waals surface area contributed by atoms with Gasteiger partial charge in [0, 0.05) is 36.5 Å². The smallest absolute Gasteiger partial charge is 0.319 e. The van der Waals surface area contributed by atoms with E-state index in [0.717, 1.165) is 30.0 Å². The highest BCUT2D eigenvalue weighted by Crippen LogP contribution is 2.32. The number of nitrogens with zero attached hydrogens (tertiary/aromatic N) is 1. The van der Waals surface area contributed by atoms with Crippen LogP contribution >= 0.6 is 11.3 Å². The first-order chi connectivity index (χ1) is 11.7. The van der Waals surface area contributed by atoms with Crippen molar-refractivity contribution in [3.05, 3.63) is 34.3 Å². The van der Waals surface area contributed by atoms with Crippen LogP contribution in [0.4, 0.5) is 10.5 Å². The molecule has 7 heteroatoms. The lowest BCUT2D eigenvalue weighted by molar-refractivity contribution is 0.252. The summed E-state index contributed by atoms with van der Waals surface area (Å²) in [6, 6.07) is 5.17. The fourth-order valence-corrected chi connectivity index (χ4v) is 3.13. The molecule has 2 amide bonds. The number of amides is 2. The second kappa shape index (κ2) is 8.01. The van der Waals surface area contributed by atoms with E-state index in [0.29, 0.717) is 36.9 Å². The molecule has 1 aliphatic heterocycles. The highest BCUT2D eigenvalue weighted by molar-refractivity contribution is 7.09. The molecule has 2 heterocycles. The van der Waals surface area contributed by atoms with Gasteiger partial charge in [-0.25, -0.2) is 9.78 Å². The van der Waals surface area contributed by atoms with Crippen LogP contribution in [0.25, 0.3) is 0 Å². The summed E-state index contributed by atoms with van der Waals surface area (Å²) >= 11 is 1.66. The minimum atomic E-state index is -0.240. The average molecular weight is 347 g/mol. The molecular formula is C17H21N3O3S. The summed E-state index contributed by atoms with van der Waals surface area (Å²) < 4.78 is 11.2. The number of fused-ring (bicyclic) bond motifs is 1. The summed E-state index contributed by atoms with van der Waals surface area (Å²) in [5.74, 6) is 1.38. The number of carbonyl (C=O) groups excluding carboxylic acids is 1. The van der Waals surface area contributed by atoms with Crippen molar-refractivity contribution in [1.29, 1.82) is 0 Å². The van der Waals surface area contributed by atoms with Crippen LogP contribution in [0, 0.1) is 0 Å². The second-order valence-corrected chi connectivity index (χ2v) is 6.37. The van der Waals surface area contributed by atoms with Gasteiger partial charge in [0.1, 0.15) is 0 Å². The highest BCUT2D eigenvalue weighted by Gasteiger charge is 2.11. The minimum absolute atomic E-state index is 0.240. The molecular weight excluding hydrogens is 326 g/mol. The molecule has 128 valence electrons. The van der Waals surface area contributed by atoms with Crippen LogP contribution in [0.15, 0.2) is 23.6 Å². The summed E-state index contributed by atoms with van der Waals surface area (Å²) in [5, 5.41) is 8.82. The number of rotatable bonds is 5. The third-order valence-electron chi connectivity index (χ3n) is 3.57. The predicted octanol–water partition coefficient (Wildman–Crippen LogP) is 3.23. The number of aryl methyl sites for hydroxylation is 1. The van der Waals surface area contributed by atoms with Gasteiger partial charge in [0.05, 0.1) is 23.9 Å². The Hall–Kier alpha value is -2.28. The van der Waals surface area contributed by atoms with Crippen molar-refractivity contribution in [2.45, 2.75) is 26.2 Å². The number of ether oxygens (including phenoxy) is 2. The standard InChI is InChI=1S/C17H21N3O3S/c1-2-16-19-13(11-24-16)6-7-18-17(21)20-12-4-5-14-15(10-12)23-9-3-8-22-14/h4-5,10-11H,2-3,6-9H2,1H3,(H2,18,20,21). The number of thiazole rings is 1. The van der Waals surface area contributed by atoms with E-state index in [1.54, 1.807) is 23.5 Å². The van der Waals surface area contributed by atoms with Gasteiger partial charge in [0.15, 0.2) is 11.5 Å². The predicted molar refractivity (Wildman–Crippen MR) is 94.3 cm³/mol. The molecule has 0 radical (unpaired) electrons. The molecule has 1 aromatic carbocycles. The SMILES string of the molecule is CCc1nc(CCNC(=O)Nc2ccc3c(c2)OCCCO3)cs1. The van der Waals surface area contributed by atoms with Crippen molar-refractivity contribution in [1.82, 2.24) is 10.3 Å². The summed E-state index contributed by atoms with van der Waals surface area (Å²) in [6.07, 6.45) is 2.53. The Morgan fingerprint density at radius 3 is 2.92 bits per heavy atom. The largest absolute Gasteiger partial charge is 0.490 e. The maximum atomic E-state index is 12.0. The number of anilines is 1. The Morgan fingerprint density at radius 1 is 1.29 bits per heavy atom. The van der Waals surface area contributed by atoms with E-state index in [4.69, 9.17) is 9.47 Å². The Kier molecular flexibility index (Phi) is 5.53. The van der Waals surface area contributed by atoms with Crippen LogP contribution < -0.4 is 20.1 Å². The first-order valence-corrected chi connectivity index (χ1v) is 9.00. The number of benzene rings is 1. The molecule has 1 aromatic heterocycles. The van der Waals surface area contributed by atoms with Crippen molar-refractivity contribution in [2.24, 2.45) is 0 Å². The van der Waals surface area contributed by atoms with Crippen molar-refractivity contribution in [3.63, 3.8) is 0 Å². The van der Waals surface area contributed by atoms with E-state index < -0.39 is 0 Å². The van der Waals surface area contributed by atoms with E-state index in [9.17, 15) is 4.79 Å². The topological polar surface area (TPSA) is 72.5 Å². The van der Waals surface area contributed by atoms with Crippen LogP contribution in [0.3, 0.4) is 0 Å². The molecule has 6 nitrogen and oxygen atoms in total. The number of hydrogen-bond donors (Lipinski definition) is 2. The Bertz CT molecular complexity index is 702. The molecule has 0 unspecified atom stereocenters. The zero-order valence-corrected chi connectivity index (χ0v) is 14.4. The lowest BCUT2D eigenvalue weighted by atomic mass is 10.3. The van der Waals surface area contributed by atoms with Gasteiger partial charge in [0.2, 0.25) is 0 Å². The molecule has 0 saturated heterocycles. The molecule has 0 saturated carbocycles. The quantitative estimate of drug-likeness (QED) is 0.871. The summed E-state index contributed by atoms with van der Waals surface area (Å²) in [5.41, 5.74) is 1.70. The number of nitrogens with one attached hydrogen (secondary N) is 2. The summed E-state index contributed by atoms with van der Waals surface area (Å²) in [6.45, 7) is 3.90. The Labute approximate surface area is 145 Å². The van der Waals surface area contributed by atoms with Gasteiger partial charge in [0.25, 0.3) is 0 Å². The third-order valence-corrected chi connectivity index (χ3v) is 4.62. The first-order valence-electron chi connectivity index (χ1n) is 8.12. The van der Waals surface area contributed by atoms with Crippen LogP contribution in [-0.4, -0.2) is 30.8 Å². The van der Waals surface area contributed by atoms with E-state index >= 15 is 0 Å². The lowest BCUT2D eigenvalue weighted by Crippen LogP contribution is -2.30. The van der Waals surface area contributed by atoms with E-state index in [2.05, 4.69) is 22.5 Å². The van der Waals surface area contributed by atoms with Gasteiger partial charge in [-0.1, -0.05) is 6.92 Å². The van der Waals surface area contributed by atoms with Crippen LogP contribution in [0.1, 0.15) is 24.0 Å². The van der Waals surface area contributed by atoms with Gasteiger partial charge in [-0.3, -0.25) is 0 Å². The number of urea groups is 1. The van der Waals surface area contributed by atoms with Crippen molar-refractivity contribution < 1.29 is 14.3 Å². The lowest BCUT2D eigenvalue weighted by Gasteiger charge is -2.11. The Morgan fingerprint density at radius 2 is 2.12 bits per heavy atom. The highest BCUT2D eigenvalue weighted by atomic mass is 32.1. The zero-order chi connectivity index (χ0) is 16.8. The molecule has 24 heavy (non-hydrogen) atoms. The molecule has 3 rings (SSSR count). The monoisotopic (exact) mass is 347 g/mol. The molecule has 0 bridgehead atoms. The third kappa shape index (κ3) is 4.38. The van der Waals surface area contributed by atoms with Gasteiger partial charge >= 0.3 is 6.03 Å². The maximum absolute atomic E-state index is 12.0.